The van der Waals surface area contributed by atoms with Crippen molar-refractivity contribution in [2.75, 3.05) is 6.54 Å². The van der Waals surface area contributed by atoms with Crippen molar-refractivity contribution in [1.29, 1.82) is 0 Å². The van der Waals surface area contributed by atoms with Crippen molar-refractivity contribution < 1.29 is 26.3 Å². The number of benzene rings is 1. The van der Waals surface area contributed by atoms with Gasteiger partial charge in [-0.25, -0.2) is 0 Å². The summed E-state index contributed by atoms with van der Waals surface area (Å²) in [5, 5.41) is 3.38. The maximum absolute atomic E-state index is 13.1. The number of halogens is 6. The van der Waals surface area contributed by atoms with Crippen LogP contribution in [0.25, 0.3) is 0 Å². The molecule has 0 amide bonds. The summed E-state index contributed by atoms with van der Waals surface area (Å²) < 4.78 is 78.3. The predicted octanol–water partition coefficient (Wildman–Crippen LogP) is 5.68. The van der Waals surface area contributed by atoms with Gasteiger partial charge in [0.05, 0.1) is 11.1 Å². The Morgan fingerprint density at radius 1 is 0.962 bits per heavy atom. The Labute approximate surface area is 149 Å². The monoisotopic (exact) mass is 379 g/mol. The van der Waals surface area contributed by atoms with E-state index in [1.807, 2.05) is 0 Å². The molecule has 1 aliphatic carbocycles. The van der Waals surface area contributed by atoms with Gasteiger partial charge in [0.15, 0.2) is 0 Å². The SMILES string of the molecule is CC12CCC([C@H](Cc3cc(C(F)(F)F)cc(C(F)(F)F)c3)NC1)C2(C)C. The Kier molecular flexibility index (Phi) is 4.41. The van der Waals surface area contributed by atoms with E-state index >= 15 is 0 Å². The molecule has 2 fully saturated rings. The van der Waals surface area contributed by atoms with Crippen LogP contribution in [0.5, 0.6) is 0 Å². The highest BCUT2D eigenvalue weighted by molar-refractivity contribution is 5.34. The minimum atomic E-state index is -4.80. The minimum absolute atomic E-state index is 0.00257. The Morgan fingerprint density at radius 3 is 2.00 bits per heavy atom. The summed E-state index contributed by atoms with van der Waals surface area (Å²) in [4.78, 5) is 0. The molecule has 1 saturated heterocycles. The lowest BCUT2D eigenvalue weighted by Gasteiger charge is -2.50. The van der Waals surface area contributed by atoms with Gasteiger partial charge in [0.2, 0.25) is 0 Å². The van der Waals surface area contributed by atoms with Crippen LogP contribution >= 0.6 is 0 Å². The van der Waals surface area contributed by atoms with Crippen LogP contribution in [0.2, 0.25) is 0 Å². The van der Waals surface area contributed by atoms with Gasteiger partial charge in [0, 0.05) is 12.6 Å². The third kappa shape index (κ3) is 3.23. The fourth-order valence-electron chi connectivity index (χ4n) is 4.73. The molecule has 0 radical (unpaired) electrons. The zero-order chi connectivity index (χ0) is 19.5. The lowest BCUT2D eigenvalue weighted by Crippen LogP contribution is -2.56. The summed E-state index contributed by atoms with van der Waals surface area (Å²) in [5.74, 6) is 0.227. The molecule has 1 saturated carbocycles. The Balaban J connectivity index is 1.93. The van der Waals surface area contributed by atoms with Gasteiger partial charge in [0.1, 0.15) is 0 Å². The first-order chi connectivity index (χ1) is 11.7. The fourth-order valence-corrected chi connectivity index (χ4v) is 4.73. The molecule has 1 nitrogen and oxygen atoms in total. The molecule has 1 N–H and O–H groups in total. The second-order valence-corrected chi connectivity index (χ2v) is 8.53. The van der Waals surface area contributed by atoms with Crippen molar-refractivity contribution in [2.45, 2.75) is 58.4 Å². The van der Waals surface area contributed by atoms with Crippen molar-refractivity contribution in [3.05, 3.63) is 34.9 Å². The van der Waals surface area contributed by atoms with Crippen LogP contribution in [0.15, 0.2) is 18.2 Å². The van der Waals surface area contributed by atoms with Crippen molar-refractivity contribution >= 4 is 0 Å². The number of fused-ring (bicyclic) bond motifs is 2. The molecule has 1 heterocycles. The van der Waals surface area contributed by atoms with Gasteiger partial charge in [-0.05, 0) is 59.8 Å². The molecule has 26 heavy (non-hydrogen) atoms. The topological polar surface area (TPSA) is 12.0 Å². The first kappa shape index (κ1) is 19.5. The number of nitrogens with one attached hydrogen (secondary N) is 1. The van der Waals surface area contributed by atoms with E-state index < -0.39 is 23.5 Å². The van der Waals surface area contributed by atoms with Crippen molar-refractivity contribution in [3.8, 4) is 0 Å². The van der Waals surface area contributed by atoms with Crippen LogP contribution < -0.4 is 5.32 Å². The maximum atomic E-state index is 13.1. The molecule has 3 atom stereocenters. The normalized spacial score (nSPS) is 31.3. The Morgan fingerprint density at radius 2 is 1.50 bits per heavy atom. The Bertz CT molecular complexity index is 658. The number of rotatable bonds is 2. The van der Waals surface area contributed by atoms with E-state index in [4.69, 9.17) is 0 Å². The van der Waals surface area contributed by atoms with Gasteiger partial charge in [-0.15, -0.1) is 0 Å². The molecular weight excluding hydrogens is 356 g/mol. The van der Waals surface area contributed by atoms with Crippen LogP contribution in [-0.4, -0.2) is 12.6 Å². The highest BCUT2D eigenvalue weighted by Gasteiger charge is 2.56. The molecule has 2 aliphatic rings. The van der Waals surface area contributed by atoms with Crippen molar-refractivity contribution in [1.82, 2.24) is 5.32 Å². The number of hydrogen-bond acceptors (Lipinski definition) is 1. The molecule has 146 valence electrons. The first-order valence-corrected chi connectivity index (χ1v) is 8.76. The second kappa shape index (κ2) is 5.88. The van der Waals surface area contributed by atoms with Crippen molar-refractivity contribution in [3.63, 3.8) is 0 Å². The predicted molar refractivity (Wildman–Crippen MR) is 86.6 cm³/mol. The molecule has 2 bridgehead atoms. The van der Waals surface area contributed by atoms with Crippen LogP contribution in [0, 0.1) is 16.7 Å². The summed E-state index contributed by atoms with van der Waals surface area (Å²) >= 11 is 0. The zero-order valence-electron chi connectivity index (χ0n) is 15.0. The van der Waals surface area contributed by atoms with E-state index in [2.05, 4.69) is 26.1 Å². The number of piperidine rings is 1. The average molecular weight is 379 g/mol. The first-order valence-electron chi connectivity index (χ1n) is 8.76. The van der Waals surface area contributed by atoms with Crippen LogP contribution in [-0.2, 0) is 18.8 Å². The van der Waals surface area contributed by atoms with Gasteiger partial charge in [0.25, 0.3) is 0 Å². The average Bonchev–Trinajstić information content (AvgIpc) is 2.63. The molecule has 0 spiro atoms. The minimum Gasteiger partial charge on any atom is -0.313 e. The van der Waals surface area contributed by atoms with Crippen molar-refractivity contribution in [2.24, 2.45) is 16.7 Å². The molecular formula is C19H23F6N. The molecule has 2 unspecified atom stereocenters. The largest absolute Gasteiger partial charge is 0.416 e. The summed E-state index contributed by atoms with van der Waals surface area (Å²) in [7, 11) is 0. The molecule has 1 aromatic rings. The van der Waals surface area contributed by atoms with Gasteiger partial charge in [-0.1, -0.05) is 20.8 Å². The van der Waals surface area contributed by atoms with Crippen LogP contribution in [0.1, 0.15) is 50.3 Å². The third-order valence-corrected chi connectivity index (χ3v) is 6.83. The molecule has 1 aliphatic heterocycles. The summed E-state index contributed by atoms with van der Waals surface area (Å²) in [5.41, 5.74) is -2.30. The fraction of sp³-hybridized carbons (Fsp3) is 0.684. The summed E-state index contributed by atoms with van der Waals surface area (Å²) in [6.07, 6.45) is -7.49. The van der Waals surface area contributed by atoms with Gasteiger partial charge in [-0.2, -0.15) is 26.3 Å². The van der Waals surface area contributed by atoms with E-state index in [0.29, 0.717) is 0 Å². The second-order valence-electron chi connectivity index (χ2n) is 8.53. The number of hydrogen-bond donors (Lipinski definition) is 1. The van der Waals surface area contributed by atoms with Gasteiger partial charge >= 0.3 is 12.4 Å². The van der Waals surface area contributed by atoms with Gasteiger partial charge < -0.3 is 5.32 Å². The van der Waals surface area contributed by atoms with E-state index in [0.717, 1.165) is 31.5 Å². The maximum Gasteiger partial charge on any atom is 0.416 e. The molecule has 3 rings (SSSR count). The Hall–Kier alpha value is -1.24. The van der Waals surface area contributed by atoms with E-state index in [1.54, 1.807) is 0 Å². The van der Waals surface area contributed by atoms with E-state index in [1.165, 1.54) is 0 Å². The summed E-state index contributed by atoms with van der Waals surface area (Å²) in [6, 6.07) is 1.78. The third-order valence-electron chi connectivity index (χ3n) is 6.83. The zero-order valence-corrected chi connectivity index (χ0v) is 15.0. The molecule has 0 aromatic heterocycles. The van der Waals surface area contributed by atoms with E-state index in [9.17, 15) is 26.3 Å². The standard InChI is InChI=1S/C19H23F6N/c1-16(2)14-4-5-17(16,3)10-26-15(14)8-11-6-12(18(20,21)22)9-13(7-11)19(23,24)25/h6-7,9,14-15,26H,4-5,8,10H2,1-3H3/t14?,15-,17?/m0/s1. The number of alkyl halides is 6. The lowest BCUT2D eigenvalue weighted by atomic mass is 9.61. The van der Waals surface area contributed by atoms with Crippen LogP contribution in [0.4, 0.5) is 26.3 Å². The quantitative estimate of drug-likeness (QED) is 0.652. The smallest absolute Gasteiger partial charge is 0.313 e. The lowest BCUT2D eigenvalue weighted by molar-refractivity contribution is -0.143. The molecule has 7 heteroatoms. The van der Waals surface area contributed by atoms with E-state index in [-0.39, 0.29) is 40.8 Å². The van der Waals surface area contributed by atoms with Crippen LogP contribution in [0.3, 0.4) is 0 Å². The highest BCUT2D eigenvalue weighted by Crippen LogP contribution is 2.59. The highest BCUT2D eigenvalue weighted by atomic mass is 19.4. The molecule has 1 aromatic carbocycles. The van der Waals surface area contributed by atoms with Gasteiger partial charge in [-0.3, -0.25) is 0 Å². The summed E-state index contributed by atoms with van der Waals surface area (Å²) in [6.45, 7) is 7.24.